The zero-order valence-corrected chi connectivity index (χ0v) is 45.6. The predicted octanol–water partition coefficient (Wildman–Crippen LogP) is 12.9. The number of hydrogen-bond donors (Lipinski definition) is 1. The molecule has 8 nitrogen and oxygen atoms in total. The van der Waals surface area contributed by atoms with E-state index in [9.17, 15) is 4.79 Å². The van der Waals surface area contributed by atoms with Crippen LogP contribution in [-0.4, -0.2) is 67.7 Å². The minimum Gasteiger partial charge on any atom is -0.496 e. The molecule has 0 radical (unpaired) electrons. The van der Waals surface area contributed by atoms with Crippen LogP contribution in [0.4, 0.5) is 0 Å². The molecule has 2 aliphatic heterocycles. The Hall–Kier alpha value is -3.72. The van der Waals surface area contributed by atoms with Crippen LogP contribution in [0.3, 0.4) is 0 Å². The summed E-state index contributed by atoms with van der Waals surface area (Å²) < 4.78 is 18.3. The Morgan fingerprint density at radius 3 is 1.72 bits per heavy atom. The Kier molecular flexibility index (Phi) is 21.5. The van der Waals surface area contributed by atoms with Crippen LogP contribution in [0, 0.1) is 25.2 Å². The van der Waals surface area contributed by atoms with E-state index in [0.29, 0.717) is 17.8 Å². The van der Waals surface area contributed by atoms with Gasteiger partial charge in [-0.25, -0.2) is 0 Å². The summed E-state index contributed by atoms with van der Waals surface area (Å²) in [5.74, 6) is 2.62. The lowest BCUT2D eigenvalue weighted by molar-refractivity contribution is 0.0384. The number of nitrogens with zero attached hydrogens (tertiary/aromatic N) is 3. The van der Waals surface area contributed by atoms with E-state index < -0.39 is 0 Å². The monoisotopic (exact) mass is 899 g/mol. The van der Waals surface area contributed by atoms with E-state index in [1.54, 1.807) is 25.8 Å². The van der Waals surface area contributed by atoms with Crippen molar-refractivity contribution in [2.24, 2.45) is 18.4 Å². The molecule has 3 aromatic rings. The van der Waals surface area contributed by atoms with E-state index in [2.05, 4.69) is 177 Å². The van der Waals surface area contributed by atoms with Gasteiger partial charge in [-0.3, -0.25) is 14.7 Å². The molecule has 0 bridgehead atoms. The highest BCUT2D eigenvalue weighted by atomic mass is 16.5. The number of allylic oxidation sites excluding steroid dienone is 2. The van der Waals surface area contributed by atoms with Crippen molar-refractivity contribution in [2.45, 2.75) is 179 Å². The number of nitrogens with one attached hydrogen (secondary N) is 1. The van der Waals surface area contributed by atoms with Crippen molar-refractivity contribution in [1.29, 1.82) is 0 Å². The summed E-state index contributed by atoms with van der Waals surface area (Å²) in [7, 11) is 5.34. The summed E-state index contributed by atoms with van der Waals surface area (Å²) in [6, 6.07) is 8.96. The third-order valence-electron chi connectivity index (χ3n) is 12.3. The number of aryl methyl sites for hydroxylation is 3. The third-order valence-corrected chi connectivity index (χ3v) is 12.3. The normalized spacial score (nSPS) is 16.1. The van der Waals surface area contributed by atoms with Crippen molar-refractivity contribution in [2.75, 3.05) is 47.1 Å². The van der Waals surface area contributed by atoms with E-state index in [0.717, 1.165) is 56.3 Å². The van der Waals surface area contributed by atoms with Crippen LogP contribution in [-0.2, 0) is 39.2 Å². The first kappa shape index (κ1) is 57.4. The average Bonchev–Trinajstić information content (AvgIpc) is 3.20. The lowest BCUT2D eigenvalue weighted by atomic mass is 9.82. The number of aromatic nitrogens is 2. The molecular weight excluding hydrogens is 805 g/mol. The molecule has 1 aromatic carbocycles. The van der Waals surface area contributed by atoms with Crippen molar-refractivity contribution >= 4 is 0 Å². The Morgan fingerprint density at radius 2 is 1.28 bits per heavy atom. The van der Waals surface area contributed by atoms with E-state index in [4.69, 9.17) is 14.2 Å². The number of methoxy groups -OCH3 is 2. The lowest BCUT2D eigenvalue weighted by Crippen LogP contribution is -2.37. The molecule has 4 heterocycles. The fraction of sp³-hybridized carbons (Fsp3) is 0.649. The minimum absolute atomic E-state index is 0.0381. The lowest BCUT2D eigenvalue weighted by Gasteiger charge is -2.31. The Morgan fingerprint density at radius 1 is 0.738 bits per heavy atom. The molecule has 1 N–H and O–H groups in total. The van der Waals surface area contributed by atoms with Gasteiger partial charge >= 0.3 is 0 Å². The van der Waals surface area contributed by atoms with Crippen LogP contribution in [0.25, 0.3) is 0 Å². The summed E-state index contributed by atoms with van der Waals surface area (Å²) in [5, 5.41) is 3.30. The smallest absolute Gasteiger partial charge is 0.253 e. The second-order valence-corrected chi connectivity index (χ2v) is 23.2. The average molecular weight is 899 g/mol. The maximum atomic E-state index is 11.4. The van der Waals surface area contributed by atoms with Gasteiger partial charge in [-0.05, 0) is 110 Å². The van der Waals surface area contributed by atoms with Crippen LogP contribution in [0.1, 0.15) is 181 Å². The standard InChI is InChI=1S/C20H33NO2.C13H23NO.C13H21N.C11H17NO/c1-15(2)18-14-17(20(3,4)5)13-16(19(18)22-6)7-8-21-9-11-23-12-10-21;1-9(2)11-7-10(13(3,4)5)8-14-12(11)15-6;1-9(2)12-7-11(13(4,5)6)8-14-10(12)3;1-8-6-9(11(2,3)4)7-12(5)10(8)13/h13-15H,7-12H2,1-6H3;7-9,12,14H,1-6H3;7-9H,1-6H3;6-7H,1-5H3. The quantitative estimate of drug-likeness (QED) is 0.241. The number of rotatable bonds is 8. The zero-order valence-electron chi connectivity index (χ0n) is 45.6. The van der Waals surface area contributed by atoms with Gasteiger partial charge in [0.25, 0.3) is 5.56 Å². The second kappa shape index (κ2) is 24.3. The number of benzene rings is 1. The molecule has 2 aliphatic rings. The van der Waals surface area contributed by atoms with Crippen LogP contribution in [0.15, 0.2) is 64.9 Å². The molecule has 1 fully saturated rings. The van der Waals surface area contributed by atoms with Crippen molar-refractivity contribution in [3.63, 3.8) is 0 Å². The van der Waals surface area contributed by atoms with Gasteiger partial charge in [0.15, 0.2) is 0 Å². The first-order valence-electron chi connectivity index (χ1n) is 24.2. The Bertz CT molecular complexity index is 2050. The Balaban J connectivity index is 0.000000307. The van der Waals surface area contributed by atoms with Gasteiger partial charge in [-0.2, -0.15) is 0 Å². The molecule has 0 aliphatic carbocycles. The molecule has 1 unspecified atom stereocenters. The first-order valence-corrected chi connectivity index (χ1v) is 24.2. The summed E-state index contributed by atoms with van der Waals surface area (Å²) in [6.07, 6.45) is 9.33. The third kappa shape index (κ3) is 17.8. The molecule has 0 amide bonds. The molecule has 2 aromatic heterocycles. The van der Waals surface area contributed by atoms with E-state index in [-0.39, 0.29) is 33.4 Å². The van der Waals surface area contributed by atoms with Gasteiger partial charge in [-0.15, -0.1) is 0 Å². The van der Waals surface area contributed by atoms with Crippen molar-refractivity contribution in [3.05, 3.63) is 115 Å². The molecular formula is C57H94N4O4. The second-order valence-electron chi connectivity index (χ2n) is 23.2. The molecule has 65 heavy (non-hydrogen) atoms. The van der Waals surface area contributed by atoms with Gasteiger partial charge in [0, 0.05) is 63.6 Å². The maximum absolute atomic E-state index is 11.4. The van der Waals surface area contributed by atoms with Crippen LogP contribution < -0.4 is 15.6 Å². The summed E-state index contributed by atoms with van der Waals surface area (Å²) in [4.78, 5) is 18.4. The van der Waals surface area contributed by atoms with Crippen LogP contribution in [0.5, 0.6) is 5.75 Å². The fourth-order valence-corrected chi connectivity index (χ4v) is 7.61. The highest BCUT2D eigenvalue weighted by Gasteiger charge is 2.25. The van der Waals surface area contributed by atoms with E-state index >= 15 is 0 Å². The molecule has 1 saturated heterocycles. The van der Waals surface area contributed by atoms with Crippen LogP contribution in [0.2, 0.25) is 0 Å². The number of pyridine rings is 2. The fourth-order valence-electron chi connectivity index (χ4n) is 7.61. The summed E-state index contributed by atoms with van der Waals surface area (Å²) >= 11 is 0. The molecule has 5 rings (SSSR count). The number of dihydropyridines is 1. The van der Waals surface area contributed by atoms with Gasteiger partial charge in [0.1, 0.15) is 12.0 Å². The largest absolute Gasteiger partial charge is 0.496 e. The molecule has 366 valence electrons. The number of morpholine rings is 1. The van der Waals surface area contributed by atoms with Crippen molar-refractivity contribution in [3.8, 4) is 5.75 Å². The van der Waals surface area contributed by atoms with Gasteiger partial charge in [0.05, 0.1) is 20.3 Å². The van der Waals surface area contributed by atoms with Crippen molar-refractivity contribution < 1.29 is 14.2 Å². The van der Waals surface area contributed by atoms with Crippen LogP contribution >= 0.6 is 0 Å². The molecule has 8 heteroatoms. The van der Waals surface area contributed by atoms with Gasteiger partial charge < -0.3 is 24.1 Å². The highest BCUT2D eigenvalue weighted by molar-refractivity contribution is 5.48. The number of hydrogen-bond acceptors (Lipinski definition) is 7. The molecule has 1 atom stereocenters. The summed E-state index contributed by atoms with van der Waals surface area (Å²) in [5.41, 5.74) is 13.3. The zero-order chi connectivity index (χ0) is 49.8. The first-order chi connectivity index (χ1) is 29.8. The summed E-state index contributed by atoms with van der Waals surface area (Å²) in [6.45, 7) is 48.8. The molecule has 0 saturated carbocycles. The topological polar surface area (TPSA) is 77.8 Å². The highest BCUT2D eigenvalue weighted by Crippen LogP contribution is 2.36. The SMILES string of the molecule is COC1NC=C(C(C)(C)C)C=C1C(C)C.COc1c(CCN2CCOCC2)cc(C(C)(C)C)cc1C(C)C.Cc1cc(C(C)(C)C)cn(C)c1=O.Cc1ncc(C(C)(C)C)cc1C(C)C. The van der Waals surface area contributed by atoms with Crippen molar-refractivity contribution in [1.82, 2.24) is 19.8 Å². The predicted molar refractivity (Wildman–Crippen MR) is 278 cm³/mol. The van der Waals surface area contributed by atoms with E-state index in [1.807, 2.05) is 25.4 Å². The van der Waals surface area contributed by atoms with Gasteiger partial charge in [-0.1, -0.05) is 149 Å². The minimum atomic E-state index is 0.0381. The number of ether oxygens (including phenoxy) is 3. The Labute approximate surface area is 398 Å². The van der Waals surface area contributed by atoms with Gasteiger partial charge in [0.2, 0.25) is 0 Å². The maximum Gasteiger partial charge on any atom is 0.253 e. The van der Waals surface area contributed by atoms with E-state index in [1.165, 1.54) is 44.5 Å². The molecule has 0 spiro atoms.